The molecule has 0 amide bonds. The van der Waals surface area contributed by atoms with E-state index in [1.807, 2.05) is 18.5 Å². The van der Waals surface area contributed by atoms with Crippen LogP contribution in [0, 0.1) is 0 Å². The first-order valence-electron chi connectivity index (χ1n) is 6.68. The van der Waals surface area contributed by atoms with E-state index >= 15 is 0 Å². The monoisotopic (exact) mass is 231 g/mol. The van der Waals surface area contributed by atoms with Crippen LogP contribution in [-0.2, 0) is 0 Å². The van der Waals surface area contributed by atoms with Gasteiger partial charge in [-0.2, -0.15) is 0 Å². The summed E-state index contributed by atoms with van der Waals surface area (Å²) in [5, 5.41) is 0. The van der Waals surface area contributed by atoms with Gasteiger partial charge in [-0.1, -0.05) is 6.07 Å². The van der Waals surface area contributed by atoms with Gasteiger partial charge in [0.1, 0.15) is 0 Å². The summed E-state index contributed by atoms with van der Waals surface area (Å²) in [6.07, 6.45) is 8.82. The third-order valence-corrected chi connectivity index (χ3v) is 4.44. The maximum absolute atomic E-state index is 6.12. The molecule has 2 N–H and O–H groups in total. The van der Waals surface area contributed by atoms with Gasteiger partial charge in [0.05, 0.1) is 0 Å². The minimum absolute atomic E-state index is 0.421. The maximum atomic E-state index is 6.12. The third kappa shape index (κ3) is 1.98. The van der Waals surface area contributed by atoms with Crippen LogP contribution in [0.25, 0.3) is 0 Å². The largest absolute Gasteiger partial charge is 0.328 e. The van der Waals surface area contributed by atoms with Crippen molar-refractivity contribution in [1.29, 1.82) is 0 Å². The van der Waals surface area contributed by atoms with Gasteiger partial charge >= 0.3 is 0 Å². The highest BCUT2D eigenvalue weighted by Gasteiger charge is 2.41. The molecule has 3 unspecified atom stereocenters. The number of aromatic nitrogens is 1. The lowest BCUT2D eigenvalue weighted by Crippen LogP contribution is -2.48. The van der Waals surface area contributed by atoms with Crippen molar-refractivity contribution < 1.29 is 0 Å². The zero-order chi connectivity index (χ0) is 11.8. The van der Waals surface area contributed by atoms with Gasteiger partial charge in [0, 0.05) is 36.6 Å². The van der Waals surface area contributed by atoms with E-state index in [1.165, 1.54) is 31.2 Å². The molecule has 3 rings (SSSR count). The van der Waals surface area contributed by atoms with Crippen molar-refractivity contribution in [3.63, 3.8) is 0 Å². The van der Waals surface area contributed by atoms with Gasteiger partial charge in [-0.25, -0.2) is 0 Å². The molecule has 3 heterocycles. The molecule has 3 heteroatoms. The average molecular weight is 231 g/mol. The van der Waals surface area contributed by atoms with Crippen LogP contribution in [0.4, 0.5) is 0 Å². The van der Waals surface area contributed by atoms with E-state index in [4.69, 9.17) is 5.73 Å². The molecule has 2 saturated heterocycles. The second kappa shape index (κ2) is 4.39. The van der Waals surface area contributed by atoms with Gasteiger partial charge in [0.2, 0.25) is 0 Å². The standard InChI is InChI=1S/C14H21N3/c1-10(11-3-2-6-16-9-11)17-13-4-5-14(17)8-12(15)7-13/h2-3,6,9-10,12-14H,4-5,7-8,15H2,1H3. The van der Waals surface area contributed by atoms with Crippen LogP contribution in [0.15, 0.2) is 24.5 Å². The van der Waals surface area contributed by atoms with E-state index < -0.39 is 0 Å². The summed E-state index contributed by atoms with van der Waals surface area (Å²) in [5.41, 5.74) is 7.45. The molecule has 0 radical (unpaired) electrons. The number of nitrogens with two attached hydrogens (primary N) is 1. The molecule has 17 heavy (non-hydrogen) atoms. The van der Waals surface area contributed by atoms with Gasteiger partial charge in [0.25, 0.3) is 0 Å². The Kier molecular flexibility index (Phi) is 2.89. The molecule has 0 saturated carbocycles. The minimum Gasteiger partial charge on any atom is -0.328 e. The van der Waals surface area contributed by atoms with Gasteiger partial charge in [-0.3, -0.25) is 9.88 Å². The SMILES string of the molecule is CC(c1cccnc1)N1C2CCC1CC(N)C2. The molecule has 0 aromatic carbocycles. The predicted octanol–water partition coefficient (Wildman–Crippen LogP) is 2.10. The summed E-state index contributed by atoms with van der Waals surface area (Å²) < 4.78 is 0. The fourth-order valence-electron chi connectivity index (χ4n) is 3.68. The lowest BCUT2D eigenvalue weighted by Gasteiger charge is -2.41. The Morgan fingerprint density at radius 1 is 1.35 bits per heavy atom. The number of rotatable bonds is 2. The summed E-state index contributed by atoms with van der Waals surface area (Å²) in [6, 6.07) is 6.51. The zero-order valence-corrected chi connectivity index (χ0v) is 10.4. The zero-order valence-electron chi connectivity index (χ0n) is 10.4. The Balaban J connectivity index is 1.81. The van der Waals surface area contributed by atoms with Crippen LogP contribution in [-0.4, -0.2) is 28.0 Å². The van der Waals surface area contributed by atoms with Crippen LogP contribution in [0.1, 0.15) is 44.2 Å². The highest BCUT2D eigenvalue weighted by Crippen LogP contribution is 2.40. The Bertz CT molecular complexity index is 364. The lowest BCUT2D eigenvalue weighted by molar-refractivity contribution is 0.0852. The normalized spacial score (nSPS) is 34.8. The number of hydrogen-bond acceptors (Lipinski definition) is 3. The summed E-state index contributed by atoms with van der Waals surface area (Å²) in [6.45, 7) is 2.30. The Morgan fingerprint density at radius 3 is 2.65 bits per heavy atom. The molecule has 2 aliphatic heterocycles. The fraction of sp³-hybridized carbons (Fsp3) is 0.643. The summed E-state index contributed by atoms with van der Waals surface area (Å²) >= 11 is 0. The number of fused-ring (bicyclic) bond motifs is 2. The first-order chi connectivity index (χ1) is 8.25. The highest BCUT2D eigenvalue weighted by atomic mass is 15.2. The Hall–Kier alpha value is -0.930. The van der Waals surface area contributed by atoms with E-state index in [0.29, 0.717) is 24.2 Å². The fourth-order valence-corrected chi connectivity index (χ4v) is 3.68. The summed E-state index contributed by atoms with van der Waals surface area (Å²) in [4.78, 5) is 6.92. The smallest absolute Gasteiger partial charge is 0.0341 e. The average Bonchev–Trinajstić information content (AvgIpc) is 2.62. The van der Waals surface area contributed by atoms with Crippen molar-refractivity contribution in [3.05, 3.63) is 30.1 Å². The summed E-state index contributed by atoms with van der Waals surface area (Å²) in [5.74, 6) is 0. The molecule has 92 valence electrons. The van der Waals surface area contributed by atoms with Gasteiger partial charge < -0.3 is 5.73 Å². The highest BCUT2D eigenvalue weighted by molar-refractivity contribution is 5.15. The molecule has 0 aliphatic carbocycles. The molecule has 2 bridgehead atoms. The number of piperidine rings is 1. The molecule has 0 spiro atoms. The molecule has 1 aromatic rings. The predicted molar refractivity (Wildman–Crippen MR) is 68.5 cm³/mol. The summed E-state index contributed by atoms with van der Waals surface area (Å²) in [7, 11) is 0. The van der Waals surface area contributed by atoms with Gasteiger partial charge in [-0.05, 0) is 44.2 Å². The van der Waals surface area contributed by atoms with Crippen LogP contribution >= 0.6 is 0 Å². The van der Waals surface area contributed by atoms with Crippen LogP contribution in [0.5, 0.6) is 0 Å². The second-order valence-electron chi connectivity index (χ2n) is 5.53. The third-order valence-electron chi connectivity index (χ3n) is 4.44. The van der Waals surface area contributed by atoms with E-state index in [-0.39, 0.29) is 0 Å². The van der Waals surface area contributed by atoms with Crippen molar-refractivity contribution in [2.45, 2.75) is 56.8 Å². The van der Waals surface area contributed by atoms with Crippen molar-refractivity contribution in [2.24, 2.45) is 5.73 Å². The van der Waals surface area contributed by atoms with Gasteiger partial charge in [0.15, 0.2) is 0 Å². The lowest BCUT2D eigenvalue weighted by atomic mass is 9.95. The molecule has 3 nitrogen and oxygen atoms in total. The minimum atomic E-state index is 0.421. The second-order valence-corrected chi connectivity index (χ2v) is 5.53. The van der Waals surface area contributed by atoms with Crippen LogP contribution in [0.3, 0.4) is 0 Å². The van der Waals surface area contributed by atoms with Crippen LogP contribution in [0.2, 0.25) is 0 Å². The van der Waals surface area contributed by atoms with Crippen molar-refractivity contribution in [3.8, 4) is 0 Å². The quantitative estimate of drug-likeness (QED) is 0.847. The topological polar surface area (TPSA) is 42.2 Å². The van der Waals surface area contributed by atoms with Gasteiger partial charge in [-0.15, -0.1) is 0 Å². The molecule has 2 aliphatic rings. The first-order valence-corrected chi connectivity index (χ1v) is 6.68. The molecular formula is C14H21N3. The van der Waals surface area contributed by atoms with E-state index in [1.54, 1.807) is 0 Å². The number of nitrogens with zero attached hydrogens (tertiary/aromatic N) is 2. The Morgan fingerprint density at radius 2 is 2.06 bits per heavy atom. The van der Waals surface area contributed by atoms with E-state index in [2.05, 4.69) is 22.9 Å². The van der Waals surface area contributed by atoms with Crippen molar-refractivity contribution in [1.82, 2.24) is 9.88 Å². The first kappa shape index (κ1) is 11.2. The maximum Gasteiger partial charge on any atom is 0.0341 e. The molecule has 2 fully saturated rings. The molecule has 1 aromatic heterocycles. The number of pyridine rings is 1. The van der Waals surface area contributed by atoms with Crippen LogP contribution < -0.4 is 5.73 Å². The van der Waals surface area contributed by atoms with E-state index in [0.717, 1.165) is 0 Å². The molecular weight excluding hydrogens is 210 g/mol. The van der Waals surface area contributed by atoms with Crippen molar-refractivity contribution >= 4 is 0 Å². The molecule has 3 atom stereocenters. The Labute approximate surface area is 103 Å². The van der Waals surface area contributed by atoms with E-state index in [9.17, 15) is 0 Å². The van der Waals surface area contributed by atoms with Crippen molar-refractivity contribution in [2.75, 3.05) is 0 Å². The number of hydrogen-bond donors (Lipinski definition) is 1.